The van der Waals surface area contributed by atoms with Crippen LogP contribution in [0.2, 0.25) is 9.26 Å². The van der Waals surface area contributed by atoms with E-state index in [4.69, 9.17) is 5.63 Å². The van der Waals surface area contributed by atoms with Crippen LogP contribution >= 0.6 is 0 Å². The molecule has 2 aromatic rings. The predicted octanol–water partition coefficient (Wildman–Crippen LogP) is 9.18. The Morgan fingerprint density at radius 3 is 1.24 bits per heavy atom. The normalized spacial score (nSPS) is 19.3. The van der Waals surface area contributed by atoms with E-state index in [0.717, 1.165) is 6.56 Å². The second-order valence-corrected chi connectivity index (χ2v) is 55.9. The molecule has 0 fully saturated rings. The van der Waals surface area contributed by atoms with E-state index in [2.05, 4.69) is 75.1 Å². The van der Waals surface area contributed by atoms with Crippen LogP contribution in [0.3, 0.4) is 0 Å². The summed E-state index contributed by atoms with van der Waals surface area (Å²) in [6, 6.07) is 12.5. The minimum absolute atomic E-state index is 0.188. The summed E-state index contributed by atoms with van der Waals surface area (Å²) >= 11 is -6.44. The fraction of sp³-hybridized carbons (Fsp3) is 0.375. The third-order valence-electron chi connectivity index (χ3n) is 8.61. The fourth-order valence-corrected chi connectivity index (χ4v) is 32.5. The van der Waals surface area contributed by atoms with Crippen molar-refractivity contribution in [2.24, 2.45) is 10.8 Å². The van der Waals surface area contributed by atoms with Crippen LogP contribution in [0, 0.1) is 22.5 Å². The number of benzene rings is 2. The molecule has 204 valence electrons. The van der Waals surface area contributed by atoms with Crippen molar-refractivity contribution in [1.29, 1.82) is 0 Å². The van der Waals surface area contributed by atoms with Gasteiger partial charge in [0.05, 0.1) is 0 Å². The van der Waals surface area contributed by atoms with Crippen LogP contribution in [0.25, 0.3) is 0 Å². The molecule has 0 aliphatic heterocycles. The van der Waals surface area contributed by atoms with Crippen molar-refractivity contribution < 1.29 is 29.7 Å². The van der Waals surface area contributed by atoms with E-state index >= 15 is 0 Å². The van der Waals surface area contributed by atoms with Gasteiger partial charge in [0.2, 0.25) is 0 Å². The fourth-order valence-electron chi connectivity index (χ4n) is 6.75. The molecule has 2 aliphatic rings. The quantitative estimate of drug-likeness (QED) is 0.302. The minimum atomic E-state index is -6.44. The van der Waals surface area contributed by atoms with Crippen LogP contribution in [-0.4, -0.2) is 6.88 Å². The average Bonchev–Trinajstić information content (AvgIpc) is 3.48. The van der Waals surface area contributed by atoms with Crippen molar-refractivity contribution in [3.8, 4) is 11.5 Å². The first-order valence-corrected chi connectivity index (χ1v) is 28.8. The first kappa shape index (κ1) is 29.0. The third kappa shape index (κ3) is 4.56. The Bertz CT molecular complexity index is 1440. The van der Waals surface area contributed by atoms with Gasteiger partial charge < -0.3 is 0 Å². The Hall–Kier alpha value is -2.04. The molecule has 0 saturated heterocycles. The van der Waals surface area contributed by atoms with Gasteiger partial charge in [-0.1, -0.05) is 0 Å². The molecule has 0 unspecified atom stereocenters. The SMILES string of the molecule is CC(C)(C)C1=[C]([Zr]([CH3])([CH3])(=[SiH2])([O]c2ccc(F)cc2)([O]c2ccc(F)cc2)[C]2=C(C(C)(C)C)C=CC2)CC=C1. The molecule has 0 aromatic heterocycles. The Balaban J connectivity index is 2.27. The number of hydrogen-bond donors (Lipinski definition) is 0. The van der Waals surface area contributed by atoms with Crippen LogP contribution < -0.4 is 5.63 Å². The Kier molecular flexibility index (Phi) is 6.10. The number of rotatable bonds is 6. The van der Waals surface area contributed by atoms with E-state index in [1.54, 1.807) is 24.3 Å². The number of halogens is 2. The second kappa shape index (κ2) is 8.01. The zero-order chi connectivity index (χ0) is 28.3. The number of allylic oxidation sites excluding steroid dienone is 8. The molecule has 4 rings (SSSR count). The Morgan fingerprint density at radius 1 is 0.632 bits per heavy atom. The Labute approximate surface area is 223 Å². The van der Waals surface area contributed by atoms with Gasteiger partial charge in [0.25, 0.3) is 0 Å². The molecule has 6 heteroatoms. The van der Waals surface area contributed by atoms with E-state index < -0.39 is 15.3 Å². The number of hydrogen-bond acceptors (Lipinski definition) is 2. The molecular formula is C32H42F2O2SiZr. The van der Waals surface area contributed by atoms with Crippen molar-refractivity contribution in [3.05, 3.63) is 102 Å². The van der Waals surface area contributed by atoms with Crippen LogP contribution in [0.15, 0.2) is 90.5 Å². The van der Waals surface area contributed by atoms with Crippen molar-refractivity contribution in [2.45, 2.75) is 63.6 Å². The molecule has 38 heavy (non-hydrogen) atoms. The average molecular weight is 616 g/mol. The third-order valence-corrected chi connectivity index (χ3v) is 34.9. The van der Waals surface area contributed by atoms with E-state index in [0.29, 0.717) is 24.3 Å². The van der Waals surface area contributed by atoms with Gasteiger partial charge in [-0.05, 0) is 0 Å². The van der Waals surface area contributed by atoms with Crippen molar-refractivity contribution >= 4 is 6.88 Å². The molecule has 0 heterocycles. The van der Waals surface area contributed by atoms with Crippen LogP contribution in [0.4, 0.5) is 8.78 Å². The summed E-state index contributed by atoms with van der Waals surface area (Å²) in [6.07, 6.45) is 10.2. The summed E-state index contributed by atoms with van der Waals surface area (Å²) in [5, 5.41) is 0. The Morgan fingerprint density at radius 2 is 0.947 bits per heavy atom. The van der Waals surface area contributed by atoms with E-state index in [1.165, 1.54) is 35.4 Å². The molecule has 2 aliphatic carbocycles. The summed E-state index contributed by atoms with van der Waals surface area (Å²) in [5.74, 6) is 0.450. The van der Waals surface area contributed by atoms with Crippen LogP contribution in [-0.2, 0) is 15.3 Å². The molecule has 0 atom stereocenters. The molecule has 0 bridgehead atoms. The summed E-state index contributed by atoms with van der Waals surface area (Å²) in [6.45, 7) is 15.2. The molecule has 2 aromatic carbocycles. The predicted molar refractivity (Wildman–Crippen MR) is 155 cm³/mol. The van der Waals surface area contributed by atoms with Gasteiger partial charge in [-0.25, -0.2) is 0 Å². The van der Waals surface area contributed by atoms with Gasteiger partial charge in [0, 0.05) is 0 Å². The van der Waals surface area contributed by atoms with Gasteiger partial charge >= 0.3 is 225 Å². The van der Waals surface area contributed by atoms with Crippen LogP contribution in [0.5, 0.6) is 11.5 Å². The zero-order valence-corrected chi connectivity index (χ0v) is 28.0. The maximum absolute atomic E-state index is 14.1. The van der Waals surface area contributed by atoms with E-state index in [-0.39, 0.29) is 22.5 Å². The molecule has 0 radical (unpaired) electrons. The molecule has 0 amide bonds. The van der Waals surface area contributed by atoms with Gasteiger partial charge in [-0.15, -0.1) is 0 Å². The molecular weight excluding hydrogens is 574 g/mol. The molecule has 2 nitrogen and oxygen atoms in total. The standard InChI is InChI=1S/2C9H13.2C6H5FO.2CH3.H2Si.Zr/c2*1-9(2,3)8-6-4-5-7-8;2*7-5-1-3-6(8)4-2-5;;;;/h2*4,6H,5H2,1-3H3;2*1-4,8H;2*1H3;1H2;/q;;;;;;;+2/p-2. The monoisotopic (exact) mass is 614 g/mol. The summed E-state index contributed by atoms with van der Waals surface area (Å²) in [5.41, 5.74) is 2.01. The van der Waals surface area contributed by atoms with Gasteiger partial charge in [-0.3, -0.25) is 0 Å². The topological polar surface area (TPSA) is 18.5 Å². The zero-order valence-electron chi connectivity index (χ0n) is 24.1. The summed E-state index contributed by atoms with van der Waals surface area (Å²) in [4.78, 5) is 0. The van der Waals surface area contributed by atoms with Crippen molar-refractivity contribution in [2.75, 3.05) is 0 Å². The van der Waals surface area contributed by atoms with E-state index in [1.807, 2.05) is 6.88 Å². The molecule has 0 N–H and O–H groups in total. The maximum atomic E-state index is 14.1. The van der Waals surface area contributed by atoms with Crippen LogP contribution in [0.1, 0.15) is 54.4 Å². The van der Waals surface area contributed by atoms with Gasteiger partial charge in [0.15, 0.2) is 0 Å². The second-order valence-electron chi connectivity index (χ2n) is 14.9. The summed E-state index contributed by atoms with van der Waals surface area (Å²) < 4.78 is 50.1. The summed E-state index contributed by atoms with van der Waals surface area (Å²) in [7, 11) is 0. The van der Waals surface area contributed by atoms with Crippen molar-refractivity contribution in [3.63, 3.8) is 0 Å². The van der Waals surface area contributed by atoms with Gasteiger partial charge in [-0.2, -0.15) is 0 Å². The van der Waals surface area contributed by atoms with E-state index in [9.17, 15) is 8.78 Å². The first-order valence-electron chi connectivity index (χ1n) is 13.5. The molecule has 0 saturated carbocycles. The molecule has 0 spiro atoms. The van der Waals surface area contributed by atoms with Gasteiger partial charge in [0.1, 0.15) is 0 Å². The first-order chi connectivity index (χ1) is 17.2. The van der Waals surface area contributed by atoms with Crippen molar-refractivity contribution in [1.82, 2.24) is 0 Å².